The van der Waals surface area contributed by atoms with Crippen molar-refractivity contribution in [2.45, 2.75) is 32.7 Å². The average molecular weight is 192 g/mol. The Kier molecular flexibility index (Phi) is 3.64. The van der Waals surface area contributed by atoms with Crippen LogP contribution in [0.25, 0.3) is 0 Å². The summed E-state index contributed by atoms with van der Waals surface area (Å²) in [4.78, 5) is 6.82. The third-order valence-electron chi connectivity index (χ3n) is 2.59. The van der Waals surface area contributed by atoms with Gasteiger partial charge in [0.25, 0.3) is 0 Å². The van der Waals surface area contributed by atoms with Crippen LogP contribution in [0.2, 0.25) is 0 Å². The van der Waals surface area contributed by atoms with Crippen LogP contribution < -0.4 is 0 Å². The van der Waals surface area contributed by atoms with Gasteiger partial charge in [0.15, 0.2) is 0 Å². The van der Waals surface area contributed by atoms with E-state index in [9.17, 15) is 0 Å². The van der Waals surface area contributed by atoms with Crippen LogP contribution in [0.15, 0.2) is 18.2 Å². The van der Waals surface area contributed by atoms with Gasteiger partial charge in [0, 0.05) is 11.7 Å². The molecule has 14 heavy (non-hydrogen) atoms. The fourth-order valence-corrected chi connectivity index (χ4v) is 1.29. The summed E-state index contributed by atoms with van der Waals surface area (Å²) in [5, 5.41) is 0. The Morgan fingerprint density at radius 3 is 2.14 bits per heavy atom. The lowest BCUT2D eigenvalue weighted by Crippen LogP contribution is -2.18. The molecule has 0 N–H and O–H groups in total. The van der Waals surface area contributed by atoms with Gasteiger partial charge in [-0.05, 0) is 39.1 Å². The monoisotopic (exact) mass is 192 g/mol. The predicted octanol–water partition coefficient (Wildman–Crippen LogP) is 2.83. The van der Waals surface area contributed by atoms with E-state index in [4.69, 9.17) is 0 Å². The first-order valence-corrected chi connectivity index (χ1v) is 5.15. The maximum atomic E-state index is 4.65. The van der Waals surface area contributed by atoms with Crippen molar-refractivity contribution in [3.05, 3.63) is 29.6 Å². The molecule has 1 atom stereocenters. The third-order valence-corrected chi connectivity index (χ3v) is 2.59. The van der Waals surface area contributed by atoms with Crippen LogP contribution in [-0.4, -0.2) is 24.0 Å². The molecule has 0 amide bonds. The zero-order chi connectivity index (χ0) is 10.7. The molecule has 0 aliphatic rings. The van der Waals surface area contributed by atoms with Gasteiger partial charge < -0.3 is 4.90 Å². The van der Waals surface area contributed by atoms with Crippen LogP contribution in [0.3, 0.4) is 0 Å². The van der Waals surface area contributed by atoms with Crippen molar-refractivity contribution in [1.29, 1.82) is 0 Å². The van der Waals surface area contributed by atoms with Crippen LogP contribution in [0.1, 0.15) is 44.1 Å². The lowest BCUT2D eigenvalue weighted by Gasteiger charge is -2.20. The summed E-state index contributed by atoms with van der Waals surface area (Å²) in [6.45, 7) is 6.52. The fourth-order valence-electron chi connectivity index (χ4n) is 1.29. The second-order valence-corrected chi connectivity index (χ2v) is 4.28. The highest BCUT2D eigenvalue weighted by molar-refractivity contribution is 5.16. The Morgan fingerprint density at radius 2 is 1.64 bits per heavy atom. The number of aromatic nitrogens is 1. The third kappa shape index (κ3) is 2.55. The minimum atomic E-state index is 0.383. The molecule has 0 radical (unpaired) electrons. The van der Waals surface area contributed by atoms with E-state index in [-0.39, 0.29) is 0 Å². The molecule has 0 bridgehead atoms. The van der Waals surface area contributed by atoms with E-state index < -0.39 is 0 Å². The van der Waals surface area contributed by atoms with Gasteiger partial charge >= 0.3 is 0 Å². The maximum absolute atomic E-state index is 4.65. The van der Waals surface area contributed by atoms with E-state index in [1.54, 1.807) is 0 Å². The molecule has 78 valence electrons. The van der Waals surface area contributed by atoms with Crippen molar-refractivity contribution in [2.24, 2.45) is 0 Å². The largest absolute Gasteiger partial charge is 0.301 e. The van der Waals surface area contributed by atoms with Crippen molar-refractivity contribution in [1.82, 2.24) is 9.88 Å². The highest BCUT2D eigenvalue weighted by atomic mass is 15.1. The van der Waals surface area contributed by atoms with Gasteiger partial charge in [0.1, 0.15) is 0 Å². The number of nitrogens with zero attached hydrogens (tertiary/aromatic N) is 2. The molecule has 0 saturated heterocycles. The molecule has 0 spiro atoms. The minimum Gasteiger partial charge on any atom is -0.301 e. The van der Waals surface area contributed by atoms with E-state index in [1.165, 1.54) is 5.69 Å². The Labute approximate surface area is 87.0 Å². The van der Waals surface area contributed by atoms with Gasteiger partial charge in [-0.25, -0.2) is 0 Å². The summed E-state index contributed by atoms with van der Waals surface area (Å²) in [6, 6.07) is 6.67. The molecule has 2 nitrogen and oxygen atoms in total. The second-order valence-electron chi connectivity index (χ2n) is 4.28. The zero-order valence-electron chi connectivity index (χ0n) is 9.78. The van der Waals surface area contributed by atoms with Gasteiger partial charge in [-0.2, -0.15) is 0 Å². The van der Waals surface area contributed by atoms with Crippen molar-refractivity contribution in [2.75, 3.05) is 14.1 Å². The summed E-state index contributed by atoms with van der Waals surface area (Å²) in [5.41, 5.74) is 2.33. The SMILES string of the molecule is CC(C)c1cccc([C@@H](C)N(C)C)n1. The van der Waals surface area contributed by atoms with Crippen molar-refractivity contribution in [3.8, 4) is 0 Å². The van der Waals surface area contributed by atoms with E-state index in [0.29, 0.717) is 12.0 Å². The van der Waals surface area contributed by atoms with E-state index >= 15 is 0 Å². The second kappa shape index (κ2) is 4.56. The van der Waals surface area contributed by atoms with Gasteiger partial charge in [0.2, 0.25) is 0 Å². The van der Waals surface area contributed by atoms with Crippen LogP contribution in [0.4, 0.5) is 0 Å². The number of hydrogen-bond donors (Lipinski definition) is 0. The summed E-state index contributed by atoms with van der Waals surface area (Å²) in [7, 11) is 4.16. The Bertz CT molecular complexity index is 292. The highest BCUT2D eigenvalue weighted by Gasteiger charge is 2.10. The molecule has 0 saturated carbocycles. The molecule has 2 heteroatoms. The quantitative estimate of drug-likeness (QED) is 0.732. The van der Waals surface area contributed by atoms with Crippen LogP contribution in [0, 0.1) is 0 Å². The topological polar surface area (TPSA) is 16.1 Å². The lowest BCUT2D eigenvalue weighted by molar-refractivity contribution is 0.314. The van der Waals surface area contributed by atoms with Gasteiger partial charge in [-0.1, -0.05) is 19.9 Å². The molecule has 0 fully saturated rings. The van der Waals surface area contributed by atoms with Crippen molar-refractivity contribution in [3.63, 3.8) is 0 Å². The molecule has 1 rings (SSSR count). The number of pyridine rings is 1. The molecule has 0 aliphatic carbocycles. The first-order valence-electron chi connectivity index (χ1n) is 5.15. The Hall–Kier alpha value is -0.890. The standard InChI is InChI=1S/C12H20N2/c1-9(2)11-7-6-8-12(13-11)10(3)14(4)5/h6-10H,1-5H3/t10-/m1/s1. The van der Waals surface area contributed by atoms with Crippen molar-refractivity contribution >= 4 is 0 Å². The van der Waals surface area contributed by atoms with Crippen LogP contribution >= 0.6 is 0 Å². The highest BCUT2D eigenvalue weighted by Crippen LogP contribution is 2.18. The molecule has 0 unspecified atom stereocenters. The summed E-state index contributed by atoms with van der Waals surface area (Å²) >= 11 is 0. The van der Waals surface area contributed by atoms with Crippen LogP contribution in [0.5, 0.6) is 0 Å². The maximum Gasteiger partial charge on any atom is 0.0575 e. The summed E-state index contributed by atoms with van der Waals surface area (Å²) < 4.78 is 0. The van der Waals surface area contributed by atoms with E-state index in [2.05, 4.69) is 62.9 Å². The van der Waals surface area contributed by atoms with Gasteiger partial charge in [-0.15, -0.1) is 0 Å². The minimum absolute atomic E-state index is 0.383. The molecule has 1 aromatic heterocycles. The molecule has 0 aliphatic heterocycles. The fraction of sp³-hybridized carbons (Fsp3) is 0.583. The molecule has 1 heterocycles. The van der Waals surface area contributed by atoms with Gasteiger partial charge in [-0.3, -0.25) is 4.98 Å². The average Bonchev–Trinajstić information content (AvgIpc) is 2.16. The van der Waals surface area contributed by atoms with Crippen molar-refractivity contribution < 1.29 is 0 Å². The molecular weight excluding hydrogens is 172 g/mol. The predicted molar refractivity (Wildman–Crippen MR) is 60.4 cm³/mol. The summed E-state index contributed by atoms with van der Waals surface area (Å²) in [6.07, 6.45) is 0. The lowest BCUT2D eigenvalue weighted by atomic mass is 10.1. The molecule has 0 aromatic carbocycles. The Morgan fingerprint density at radius 1 is 1.07 bits per heavy atom. The smallest absolute Gasteiger partial charge is 0.0575 e. The number of rotatable bonds is 3. The van der Waals surface area contributed by atoms with E-state index in [1.807, 2.05) is 0 Å². The van der Waals surface area contributed by atoms with Crippen LogP contribution in [-0.2, 0) is 0 Å². The molecular formula is C12H20N2. The van der Waals surface area contributed by atoms with E-state index in [0.717, 1.165) is 5.69 Å². The summed E-state index contributed by atoms with van der Waals surface area (Å²) in [5.74, 6) is 0.504. The normalized spacial score (nSPS) is 13.6. The Balaban J connectivity index is 2.93. The zero-order valence-corrected chi connectivity index (χ0v) is 9.78. The first-order chi connectivity index (χ1) is 6.52. The van der Waals surface area contributed by atoms with Gasteiger partial charge in [0.05, 0.1) is 5.69 Å². The molecule has 1 aromatic rings. The number of hydrogen-bond acceptors (Lipinski definition) is 2. The first kappa shape index (κ1) is 11.2.